The Hall–Kier alpha value is -3.76. The number of alkyl halides is 3. The highest BCUT2D eigenvalue weighted by atomic mass is 19.4. The van der Waals surface area contributed by atoms with Crippen molar-refractivity contribution < 1.29 is 31.8 Å². The molecule has 11 heteroatoms. The molecule has 0 saturated heterocycles. The van der Waals surface area contributed by atoms with Crippen LogP contribution in [-0.2, 0) is 6.18 Å². The van der Waals surface area contributed by atoms with Crippen molar-refractivity contribution in [3.05, 3.63) is 54.0 Å². The van der Waals surface area contributed by atoms with Crippen LogP contribution in [0.5, 0.6) is 17.2 Å². The van der Waals surface area contributed by atoms with Crippen molar-refractivity contribution in [2.45, 2.75) is 6.18 Å². The van der Waals surface area contributed by atoms with E-state index in [1.807, 2.05) is 0 Å². The molecule has 31 heavy (non-hydrogen) atoms. The summed E-state index contributed by atoms with van der Waals surface area (Å²) in [6.45, 7) is 0. The normalized spacial score (nSPS) is 11.1. The third kappa shape index (κ3) is 5.44. The van der Waals surface area contributed by atoms with Crippen LogP contribution in [0.15, 0.2) is 42.6 Å². The zero-order valence-corrected chi connectivity index (χ0v) is 16.7. The van der Waals surface area contributed by atoms with Gasteiger partial charge in [0.2, 0.25) is 5.95 Å². The third-order valence-electron chi connectivity index (χ3n) is 4.08. The topological polar surface area (TPSA) is 77.5 Å². The highest BCUT2D eigenvalue weighted by molar-refractivity contribution is 5.64. The van der Waals surface area contributed by atoms with Gasteiger partial charge in [0.05, 0.1) is 33.1 Å². The van der Waals surface area contributed by atoms with Gasteiger partial charge < -0.3 is 24.8 Å². The second kappa shape index (κ2) is 8.94. The number of nitrogens with zero attached hydrogens (tertiary/aromatic N) is 2. The standard InChI is InChI=1S/C20H18F4N4O3/c1-29-14-5-11(20(22,23)24)4-12(6-14)27-19-25-10-17(21)18(28-19)26-13-7-15(30-2)9-16(8-13)31-3/h4-10H,1-3H3,(H2,25,26,27,28). The van der Waals surface area contributed by atoms with E-state index in [9.17, 15) is 17.6 Å². The molecule has 0 fully saturated rings. The Bertz CT molecular complexity index is 1050. The lowest BCUT2D eigenvalue weighted by Crippen LogP contribution is -2.07. The number of hydrogen-bond acceptors (Lipinski definition) is 7. The minimum Gasteiger partial charge on any atom is -0.497 e. The molecule has 1 heterocycles. The Morgan fingerprint density at radius 1 is 0.774 bits per heavy atom. The predicted octanol–water partition coefficient (Wildman–Crippen LogP) is 5.15. The van der Waals surface area contributed by atoms with Crippen LogP contribution in [0, 0.1) is 5.82 Å². The van der Waals surface area contributed by atoms with Crippen molar-refractivity contribution in [2.75, 3.05) is 32.0 Å². The quantitative estimate of drug-likeness (QED) is 0.494. The van der Waals surface area contributed by atoms with Crippen LogP contribution in [-0.4, -0.2) is 31.3 Å². The molecule has 0 radical (unpaired) electrons. The average Bonchev–Trinajstić information content (AvgIpc) is 2.74. The Balaban J connectivity index is 1.90. The molecule has 0 spiro atoms. The molecule has 1 aromatic heterocycles. The van der Waals surface area contributed by atoms with Crippen LogP contribution in [0.1, 0.15) is 5.56 Å². The lowest BCUT2D eigenvalue weighted by molar-refractivity contribution is -0.137. The molecule has 0 unspecified atom stereocenters. The maximum atomic E-state index is 14.3. The van der Waals surface area contributed by atoms with Crippen molar-refractivity contribution in [3.8, 4) is 17.2 Å². The van der Waals surface area contributed by atoms with Gasteiger partial charge in [-0.1, -0.05) is 0 Å². The number of aromatic nitrogens is 2. The molecular formula is C20H18F4N4O3. The smallest absolute Gasteiger partial charge is 0.416 e. The van der Waals surface area contributed by atoms with E-state index in [2.05, 4.69) is 20.6 Å². The number of ether oxygens (including phenoxy) is 3. The zero-order chi connectivity index (χ0) is 22.6. The summed E-state index contributed by atoms with van der Waals surface area (Å²) in [5, 5.41) is 5.41. The molecule has 3 rings (SSSR count). The minimum atomic E-state index is -4.58. The summed E-state index contributed by atoms with van der Waals surface area (Å²) >= 11 is 0. The lowest BCUT2D eigenvalue weighted by atomic mass is 10.2. The molecule has 0 aliphatic rings. The van der Waals surface area contributed by atoms with E-state index < -0.39 is 17.6 Å². The molecule has 164 valence electrons. The third-order valence-corrected chi connectivity index (χ3v) is 4.08. The molecule has 2 aromatic carbocycles. The van der Waals surface area contributed by atoms with Crippen molar-refractivity contribution in [2.24, 2.45) is 0 Å². The maximum absolute atomic E-state index is 14.3. The largest absolute Gasteiger partial charge is 0.497 e. The Morgan fingerprint density at radius 2 is 1.32 bits per heavy atom. The summed E-state index contributed by atoms with van der Waals surface area (Å²) in [6.07, 6.45) is -3.69. The molecule has 0 aliphatic carbocycles. The Labute approximate surface area is 175 Å². The highest BCUT2D eigenvalue weighted by Gasteiger charge is 2.31. The van der Waals surface area contributed by atoms with E-state index in [1.165, 1.54) is 27.4 Å². The summed E-state index contributed by atoms with van der Waals surface area (Å²) in [7, 11) is 4.18. The van der Waals surface area contributed by atoms with Gasteiger partial charge in [0.1, 0.15) is 17.2 Å². The van der Waals surface area contributed by atoms with Gasteiger partial charge in [-0.3, -0.25) is 0 Å². The summed E-state index contributed by atoms with van der Waals surface area (Å²) < 4.78 is 68.8. The maximum Gasteiger partial charge on any atom is 0.416 e. The van der Waals surface area contributed by atoms with E-state index in [0.717, 1.165) is 18.3 Å². The van der Waals surface area contributed by atoms with Gasteiger partial charge in [-0.25, -0.2) is 9.37 Å². The van der Waals surface area contributed by atoms with Gasteiger partial charge in [0, 0.05) is 35.6 Å². The molecule has 3 aromatic rings. The lowest BCUT2D eigenvalue weighted by Gasteiger charge is -2.14. The Kier molecular flexibility index (Phi) is 6.33. The van der Waals surface area contributed by atoms with E-state index in [-0.39, 0.29) is 23.2 Å². The molecule has 0 aliphatic heterocycles. The molecule has 0 atom stereocenters. The van der Waals surface area contributed by atoms with Crippen molar-refractivity contribution in [3.63, 3.8) is 0 Å². The van der Waals surface area contributed by atoms with Crippen LogP contribution < -0.4 is 24.8 Å². The van der Waals surface area contributed by atoms with E-state index in [0.29, 0.717) is 17.2 Å². The molecule has 0 amide bonds. The highest BCUT2D eigenvalue weighted by Crippen LogP contribution is 2.35. The zero-order valence-electron chi connectivity index (χ0n) is 16.7. The fraction of sp³-hybridized carbons (Fsp3) is 0.200. The van der Waals surface area contributed by atoms with Crippen LogP contribution in [0.25, 0.3) is 0 Å². The number of nitrogens with one attached hydrogen (secondary N) is 2. The number of methoxy groups -OCH3 is 3. The minimum absolute atomic E-state index is 0.0127. The number of anilines is 4. The second-order valence-corrected chi connectivity index (χ2v) is 6.19. The summed E-state index contributed by atoms with van der Waals surface area (Å²) in [5.74, 6) is -0.182. The van der Waals surface area contributed by atoms with Crippen LogP contribution in [0.4, 0.5) is 40.7 Å². The van der Waals surface area contributed by atoms with Gasteiger partial charge in [0.25, 0.3) is 0 Å². The van der Waals surface area contributed by atoms with Crippen LogP contribution in [0.2, 0.25) is 0 Å². The van der Waals surface area contributed by atoms with Gasteiger partial charge in [-0.05, 0) is 12.1 Å². The SMILES string of the molecule is COc1cc(Nc2nc(Nc3cc(OC)cc(C(F)(F)F)c3)ncc2F)cc(OC)c1. The van der Waals surface area contributed by atoms with E-state index >= 15 is 0 Å². The number of hydrogen-bond donors (Lipinski definition) is 2. The summed E-state index contributed by atoms with van der Waals surface area (Å²) in [6, 6.07) is 7.89. The van der Waals surface area contributed by atoms with Gasteiger partial charge >= 0.3 is 6.18 Å². The summed E-state index contributed by atoms with van der Waals surface area (Å²) in [4.78, 5) is 7.79. The van der Waals surface area contributed by atoms with E-state index in [4.69, 9.17) is 14.2 Å². The van der Waals surface area contributed by atoms with Gasteiger partial charge in [-0.15, -0.1) is 0 Å². The van der Waals surface area contributed by atoms with Crippen LogP contribution in [0.3, 0.4) is 0 Å². The number of benzene rings is 2. The summed E-state index contributed by atoms with van der Waals surface area (Å²) in [5.41, 5.74) is -0.481. The monoisotopic (exact) mass is 438 g/mol. The first kappa shape index (κ1) is 21.9. The van der Waals surface area contributed by atoms with Gasteiger partial charge in [-0.2, -0.15) is 18.2 Å². The second-order valence-electron chi connectivity index (χ2n) is 6.19. The first-order chi connectivity index (χ1) is 14.7. The number of rotatable bonds is 7. The van der Waals surface area contributed by atoms with Crippen molar-refractivity contribution in [1.29, 1.82) is 0 Å². The Morgan fingerprint density at radius 3 is 1.87 bits per heavy atom. The molecule has 2 N–H and O–H groups in total. The van der Waals surface area contributed by atoms with Crippen molar-refractivity contribution in [1.82, 2.24) is 9.97 Å². The first-order valence-corrected chi connectivity index (χ1v) is 8.77. The molecule has 0 saturated carbocycles. The first-order valence-electron chi connectivity index (χ1n) is 8.77. The molecule has 0 bridgehead atoms. The van der Waals surface area contributed by atoms with E-state index in [1.54, 1.807) is 18.2 Å². The molecular weight excluding hydrogens is 420 g/mol. The number of halogens is 4. The van der Waals surface area contributed by atoms with Gasteiger partial charge in [0.15, 0.2) is 11.6 Å². The fourth-order valence-electron chi connectivity index (χ4n) is 2.61. The van der Waals surface area contributed by atoms with Crippen molar-refractivity contribution >= 4 is 23.1 Å². The predicted molar refractivity (Wildman–Crippen MR) is 106 cm³/mol. The fourth-order valence-corrected chi connectivity index (χ4v) is 2.61. The molecule has 7 nitrogen and oxygen atoms in total. The van der Waals surface area contributed by atoms with Crippen LogP contribution >= 0.6 is 0 Å². The average molecular weight is 438 g/mol.